The Morgan fingerprint density at radius 2 is 1.79 bits per heavy atom. The monoisotopic (exact) mass is 454 g/mol. The van der Waals surface area contributed by atoms with Crippen LogP contribution in [-0.2, 0) is 14.8 Å². The Bertz CT molecular complexity index is 931. The quantitative estimate of drug-likeness (QED) is 0.645. The average molecular weight is 455 g/mol. The zero-order valence-corrected chi connectivity index (χ0v) is 18.4. The van der Waals surface area contributed by atoms with Crippen molar-refractivity contribution in [3.63, 3.8) is 0 Å². The van der Waals surface area contributed by atoms with Gasteiger partial charge in [0.25, 0.3) is 10.0 Å². The Morgan fingerprint density at radius 3 is 2.41 bits per heavy atom. The number of hydrogen-bond donors (Lipinski definition) is 2. The van der Waals surface area contributed by atoms with Crippen LogP contribution in [0.15, 0.2) is 41.3 Å². The summed E-state index contributed by atoms with van der Waals surface area (Å²) in [5.41, 5.74) is 0.552. The third kappa shape index (κ3) is 6.32. The molecule has 1 saturated carbocycles. The summed E-state index contributed by atoms with van der Waals surface area (Å²) in [7, 11) is -3.82. The zero-order chi connectivity index (χ0) is 20.9. The zero-order valence-electron chi connectivity index (χ0n) is 16.0. The molecule has 0 spiro atoms. The Kier molecular flexibility index (Phi) is 7.37. The summed E-state index contributed by atoms with van der Waals surface area (Å²) in [4.78, 5) is 12.5. The highest BCUT2D eigenvalue weighted by atomic mass is 35.5. The fraction of sp³-hybridized carbons (Fsp3) is 0.421. The second kappa shape index (κ2) is 9.77. The molecule has 7 nitrogen and oxygen atoms in total. The molecule has 1 atom stereocenters. The van der Waals surface area contributed by atoms with E-state index in [-0.39, 0.29) is 27.0 Å². The molecule has 2 aromatic rings. The van der Waals surface area contributed by atoms with Crippen LogP contribution in [0.4, 0.5) is 11.5 Å². The molecular weight excluding hydrogens is 432 g/mol. The lowest BCUT2D eigenvalue weighted by molar-refractivity contribution is -0.115. The summed E-state index contributed by atoms with van der Waals surface area (Å²) in [5.74, 6) is -0.00825. The van der Waals surface area contributed by atoms with Crippen LogP contribution in [0.3, 0.4) is 0 Å². The lowest BCUT2D eigenvalue weighted by Gasteiger charge is -2.23. The molecule has 1 aliphatic rings. The topological polar surface area (TPSA) is 101 Å². The first-order valence-electron chi connectivity index (χ1n) is 9.42. The number of aromatic nitrogens is 2. The normalized spacial score (nSPS) is 16.2. The second-order valence-electron chi connectivity index (χ2n) is 6.90. The van der Waals surface area contributed by atoms with E-state index >= 15 is 0 Å². The number of nitrogens with one attached hydrogen (secondary N) is 2. The molecule has 2 N–H and O–H groups in total. The van der Waals surface area contributed by atoms with Crippen LogP contribution in [0.1, 0.15) is 39.0 Å². The molecule has 1 aliphatic carbocycles. The highest BCUT2D eigenvalue weighted by Gasteiger charge is 2.22. The van der Waals surface area contributed by atoms with Gasteiger partial charge >= 0.3 is 0 Å². The molecule has 0 aliphatic heterocycles. The van der Waals surface area contributed by atoms with Crippen molar-refractivity contribution in [2.24, 2.45) is 0 Å². The van der Waals surface area contributed by atoms with Crippen molar-refractivity contribution in [2.75, 3.05) is 10.0 Å². The lowest BCUT2D eigenvalue weighted by Crippen LogP contribution is -2.25. The van der Waals surface area contributed by atoms with E-state index in [0.717, 1.165) is 0 Å². The molecule has 10 heteroatoms. The maximum Gasteiger partial charge on any atom is 0.263 e. The molecule has 1 fully saturated rings. The number of amides is 1. The summed E-state index contributed by atoms with van der Waals surface area (Å²) >= 11 is 7.37. The molecule has 1 unspecified atom stereocenters. The number of rotatable bonds is 7. The number of halogens is 1. The van der Waals surface area contributed by atoms with E-state index in [9.17, 15) is 13.2 Å². The number of benzene rings is 1. The minimum absolute atomic E-state index is 0.0527. The van der Waals surface area contributed by atoms with Gasteiger partial charge in [-0.3, -0.25) is 9.52 Å². The number of thioether (sulfide) groups is 1. The van der Waals surface area contributed by atoms with E-state index in [1.54, 1.807) is 23.9 Å². The average Bonchev–Trinajstić information content (AvgIpc) is 2.71. The first-order chi connectivity index (χ1) is 13.8. The van der Waals surface area contributed by atoms with Crippen molar-refractivity contribution in [3.05, 3.63) is 41.6 Å². The van der Waals surface area contributed by atoms with Gasteiger partial charge in [-0.15, -0.1) is 22.0 Å². The minimum atomic E-state index is -3.82. The number of carbonyl (C=O) groups excluding carboxylic acids is 1. The standard InChI is InChI=1S/C19H23ClN4O3S2/c1-13(28-15-5-3-2-4-6-15)19(25)21-14-7-9-16(10-8-14)29(26,27)24-18-12-11-17(20)22-23-18/h7-13,15H,2-6H2,1H3,(H,21,25)(H,23,24). The van der Waals surface area contributed by atoms with Crippen molar-refractivity contribution >= 4 is 50.8 Å². The van der Waals surface area contributed by atoms with Crippen molar-refractivity contribution < 1.29 is 13.2 Å². The molecular formula is C19H23ClN4O3S2. The van der Waals surface area contributed by atoms with Gasteiger partial charge in [0.05, 0.1) is 10.1 Å². The molecule has 1 aromatic heterocycles. The van der Waals surface area contributed by atoms with Gasteiger partial charge in [0.2, 0.25) is 5.91 Å². The second-order valence-corrected chi connectivity index (χ2v) is 10.6. The van der Waals surface area contributed by atoms with Gasteiger partial charge in [0, 0.05) is 10.9 Å². The van der Waals surface area contributed by atoms with Gasteiger partial charge in [-0.2, -0.15) is 0 Å². The van der Waals surface area contributed by atoms with Crippen LogP contribution >= 0.6 is 23.4 Å². The Hall–Kier alpha value is -1.84. The number of nitrogens with zero attached hydrogens (tertiary/aromatic N) is 2. The third-order valence-electron chi connectivity index (χ3n) is 4.62. The van der Waals surface area contributed by atoms with Crippen molar-refractivity contribution in [2.45, 2.75) is 54.4 Å². The van der Waals surface area contributed by atoms with Gasteiger partial charge in [-0.1, -0.05) is 30.9 Å². The number of sulfonamides is 1. The molecule has 1 aromatic carbocycles. The lowest BCUT2D eigenvalue weighted by atomic mass is 10.0. The minimum Gasteiger partial charge on any atom is -0.325 e. The molecule has 0 bridgehead atoms. The number of anilines is 2. The fourth-order valence-electron chi connectivity index (χ4n) is 3.08. The molecule has 1 amide bonds. The summed E-state index contributed by atoms with van der Waals surface area (Å²) in [6, 6.07) is 8.86. The van der Waals surface area contributed by atoms with Crippen LogP contribution < -0.4 is 10.0 Å². The van der Waals surface area contributed by atoms with Crippen LogP contribution in [-0.4, -0.2) is 35.0 Å². The Labute approximate surface area is 180 Å². The first-order valence-corrected chi connectivity index (χ1v) is 12.2. The number of hydrogen-bond acceptors (Lipinski definition) is 6. The van der Waals surface area contributed by atoms with Crippen molar-refractivity contribution in [1.82, 2.24) is 10.2 Å². The van der Waals surface area contributed by atoms with E-state index < -0.39 is 10.0 Å². The predicted octanol–water partition coefficient (Wildman–Crippen LogP) is 4.32. The Morgan fingerprint density at radius 1 is 1.10 bits per heavy atom. The van der Waals surface area contributed by atoms with Crippen LogP contribution in [0.25, 0.3) is 0 Å². The summed E-state index contributed by atoms with van der Waals surface area (Å²) in [6.07, 6.45) is 6.08. The molecule has 156 valence electrons. The first kappa shape index (κ1) is 21.9. The molecule has 1 heterocycles. The van der Waals surface area contributed by atoms with Crippen LogP contribution in [0, 0.1) is 0 Å². The van der Waals surface area contributed by atoms with Crippen molar-refractivity contribution in [1.29, 1.82) is 0 Å². The van der Waals surface area contributed by atoms with E-state index in [1.807, 2.05) is 6.92 Å². The highest BCUT2D eigenvalue weighted by Crippen LogP contribution is 2.31. The SMILES string of the molecule is CC(SC1CCCCC1)C(=O)Nc1ccc(S(=O)(=O)Nc2ccc(Cl)nn2)cc1. The van der Waals surface area contributed by atoms with Crippen LogP contribution in [0.5, 0.6) is 0 Å². The van der Waals surface area contributed by atoms with E-state index in [1.165, 1.54) is 56.4 Å². The molecule has 3 rings (SSSR count). The Balaban J connectivity index is 1.58. The van der Waals surface area contributed by atoms with Gasteiger partial charge in [0.1, 0.15) is 0 Å². The van der Waals surface area contributed by atoms with Gasteiger partial charge in [-0.05, 0) is 56.2 Å². The fourth-order valence-corrected chi connectivity index (χ4v) is 5.54. The molecule has 0 radical (unpaired) electrons. The summed E-state index contributed by atoms with van der Waals surface area (Å²) in [5, 5.41) is 10.7. The largest absolute Gasteiger partial charge is 0.325 e. The van der Waals surface area contributed by atoms with E-state index in [4.69, 9.17) is 11.6 Å². The van der Waals surface area contributed by atoms with Crippen LogP contribution in [0.2, 0.25) is 5.15 Å². The molecule has 0 saturated heterocycles. The highest BCUT2D eigenvalue weighted by molar-refractivity contribution is 8.01. The predicted molar refractivity (Wildman–Crippen MR) is 117 cm³/mol. The van der Waals surface area contributed by atoms with E-state index in [0.29, 0.717) is 10.9 Å². The summed E-state index contributed by atoms with van der Waals surface area (Å²) in [6.45, 7) is 1.91. The summed E-state index contributed by atoms with van der Waals surface area (Å²) < 4.78 is 27.2. The van der Waals surface area contributed by atoms with Gasteiger partial charge in [0.15, 0.2) is 11.0 Å². The van der Waals surface area contributed by atoms with Gasteiger partial charge in [-0.25, -0.2) is 8.42 Å². The van der Waals surface area contributed by atoms with E-state index in [2.05, 4.69) is 20.2 Å². The maximum atomic E-state index is 12.4. The third-order valence-corrected chi connectivity index (χ3v) is 7.67. The van der Waals surface area contributed by atoms with Gasteiger partial charge < -0.3 is 5.32 Å². The maximum absolute atomic E-state index is 12.4. The number of carbonyl (C=O) groups is 1. The smallest absolute Gasteiger partial charge is 0.263 e. The molecule has 29 heavy (non-hydrogen) atoms. The van der Waals surface area contributed by atoms with Crippen molar-refractivity contribution in [3.8, 4) is 0 Å².